The molecule has 0 aliphatic carbocycles. The van der Waals surface area contributed by atoms with Gasteiger partial charge in [0.2, 0.25) is 5.91 Å². The monoisotopic (exact) mass is 286 g/mol. The molecule has 0 aromatic heterocycles. The van der Waals surface area contributed by atoms with Gasteiger partial charge in [0.15, 0.2) is 0 Å². The van der Waals surface area contributed by atoms with Crippen molar-refractivity contribution in [1.29, 1.82) is 0 Å². The van der Waals surface area contributed by atoms with Crippen molar-refractivity contribution in [3.05, 3.63) is 29.8 Å². The number of rotatable bonds is 3. The molecule has 7 heteroatoms. The highest BCUT2D eigenvalue weighted by atomic mass is 32.2. The van der Waals surface area contributed by atoms with Crippen molar-refractivity contribution in [2.45, 2.75) is 17.1 Å². The van der Waals surface area contributed by atoms with E-state index in [1.807, 2.05) is 0 Å². The summed E-state index contributed by atoms with van der Waals surface area (Å²) < 4.78 is 26.2. The number of nitrogens with one attached hydrogen (secondary N) is 1. The van der Waals surface area contributed by atoms with E-state index in [2.05, 4.69) is 5.32 Å². The van der Waals surface area contributed by atoms with E-state index in [0.29, 0.717) is 13.1 Å². The first-order valence-electron chi connectivity index (χ1n) is 5.70. The minimum absolute atomic E-state index is 0.182. The fourth-order valence-electron chi connectivity index (χ4n) is 1.71. The van der Waals surface area contributed by atoms with Crippen molar-refractivity contribution >= 4 is 23.7 Å². The molecule has 3 amide bonds. The summed E-state index contributed by atoms with van der Waals surface area (Å²) in [6.07, 6.45) is 0. The van der Waals surface area contributed by atoms with Crippen molar-refractivity contribution in [2.75, 3.05) is 13.1 Å². The molecule has 1 N–H and O–H groups in total. The number of halogens is 2. The maximum Gasteiger partial charge on any atom is 0.324 e. The maximum atomic E-state index is 13.5. The Kier molecular flexibility index (Phi) is 4.04. The normalized spacial score (nSPS) is 16.4. The molecule has 102 valence electrons. The number of hydrogen-bond acceptors (Lipinski definition) is 3. The lowest BCUT2D eigenvalue weighted by molar-refractivity contribution is -0.126. The zero-order valence-electron chi connectivity index (χ0n) is 10.2. The van der Waals surface area contributed by atoms with Gasteiger partial charge >= 0.3 is 6.03 Å². The number of nitrogens with zero attached hydrogens (tertiary/aromatic N) is 1. The molecule has 1 aromatic rings. The van der Waals surface area contributed by atoms with Crippen LogP contribution in [0.15, 0.2) is 23.1 Å². The number of hydrogen-bond donors (Lipinski definition) is 1. The van der Waals surface area contributed by atoms with E-state index >= 15 is 0 Å². The van der Waals surface area contributed by atoms with Gasteiger partial charge in [-0.05, 0) is 19.1 Å². The van der Waals surface area contributed by atoms with E-state index < -0.39 is 22.9 Å². The summed E-state index contributed by atoms with van der Waals surface area (Å²) in [5.74, 6) is -1.76. The lowest BCUT2D eigenvalue weighted by Crippen LogP contribution is -2.38. The molecule has 1 atom stereocenters. The van der Waals surface area contributed by atoms with Crippen LogP contribution in [0.3, 0.4) is 0 Å². The molecule has 1 aromatic carbocycles. The van der Waals surface area contributed by atoms with Gasteiger partial charge in [-0.1, -0.05) is 0 Å². The number of urea groups is 1. The number of imide groups is 1. The Hall–Kier alpha value is -1.63. The average Bonchev–Trinajstić information content (AvgIpc) is 2.78. The van der Waals surface area contributed by atoms with Crippen LogP contribution < -0.4 is 5.32 Å². The third kappa shape index (κ3) is 3.04. The van der Waals surface area contributed by atoms with E-state index in [0.717, 1.165) is 28.8 Å². The Morgan fingerprint density at radius 1 is 1.47 bits per heavy atom. The molecule has 1 fully saturated rings. The largest absolute Gasteiger partial charge is 0.336 e. The number of amides is 3. The van der Waals surface area contributed by atoms with Gasteiger partial charge in [-0.2, -0.15) is 0 Å². The van der Waals surface area contributed by atoms with Crippen molar-refractivity contribution in [3.8, 4) is 0 Å². The van der Waals surface area contributed by atoms with Gasteiger partial charge in [0.1, 0.15) is 11.6 Å². The first-order valence-corrected chi connectivity index (χ1v) is 6.58. The molecule has 4 nitrogen and oxygen atoms in total. The highest BCUT2D eigenvalue weighted by Gasteiger charge is 2.30. The molecule has 1 aliphatic heterocycles. The molecule has 1 saturated heterocycles. The summed E-state index contributed by atoms with van der Waals surface area (Å²) in [6, 6.07) is 2.74. The van der Waals surface area contributed by atoms with Crippen LogP contribution in [0.2, 0.25) is 0 Å². The lowest BCUT2D eigenvalue weighted by Gasteiger charge is -2.17. The predicted octanol–water partition coefficient (Wildman–Crippen LogP) is 2.00. The quantitative estimate of drug-likeness (QED) is 0.865. The lowest BCUT2D eigenvalue weighted by atomic mass is 10.3. The Bertz CT molecular complexity index is 524. The van der Waals surface area contributed by atoms with Crippen LogP contribution in [-0.2, 0) is 4.79 Å². The third-order valence-corrected chi connectivity index (χ3v) is 3.81. The number of thioether (sulfide) groups is 1. The van der Waals surface area contributed by atoms with Gasteiger partial charge in [0.05, 0.1) is 5.25 Å². The van der Waals surface area contributed by atoms with E-state index in [1.165, 1.54) is 6.07 Å². The SMILES string of the molecule is C[C@H](Sc1ccc(F)cc1F)C(=O)N1CCNC1=O. The molecule has 1 heterocycles. The zero-order chi connectivity index (χ0) is 14.0. The van der Waals surface area contributed by atoms with Gasteiger partial charge in [-0.3, -0.25) is 9.69 Å². The van der Waals surface area contributed by atoms with E-state index in [-0.39, 0.29) is 10.8 Å². The minimum Gasteiger partial charge on any atom is -0.336 e. The Morgan fingerprint density at radius 3 is 2.79 bits per heavy atom. The second-order valence-electron chi connectivity index (χ2n) is 4.06. The summed E-state index contributed by atoms with van der Waals surface area (Å²) in [5.41, 5.74) is 0. The standard InChI is InChI=1S/C12H12F2N2O2S/c1-7(11(17)16-5-4-15-12(16)18)19-10-3-2-8(13)6-9(10)14/h2-3,6-7H,4-5H2,1H3,(H,15,18)/t7-/m0/s1. The first kappa shape index (κ1) is 13.8. The van der Waals surface area contributed by atoms with Gasteiger partial charge < -0.3 is 5.32 Å². The third-order valence-electron chi connectivity index (χ3n) is 2.67. The Balaban J connectivity index is 2.06. The number of carbonyl (C=O) groups excluding carboxylic acids is 2. The fraction of sp³-hybridized carbons (Fsp3) is 0.333. The summed E-state index contributed by atoms with van der Waals surface area (Å²) in [4.78, 5) is 24.6. The smallest absolute Gasteiger partial charge is 0.324 e. The average molecular weight is 286 g/mol. The van der Waals surface area contributed by atoms with Crippen molar-refractivity contribution in [3.63, 3.8) is 0 Å². The maximum absolute atomic E-state index is 13.5. The second kappa shape index (κ2) is 5.56. The van der Waals surface area contributed by atoms with Crippen LogP contribution in [0.25, 0.3) is 0 Å². The van der Waals surface area contributed by atoms with Gasteiger partial charge in [-0.15, -0.1) is 11.8 Å². The summed E-state index contributed by atoms with van der Waals surface area (Å²) in [6.45, 7) is 2.32. The topological polar surface area (TPSA) is 49.4 Å². The molecule has 0 radical (unpaired) electrons. The summed E-state index contributed by atoms with van der Waals surface area (Å²) in [7, 11) is 0. The molecule has 1 aliphatic rings. The van der Waals surface area contributed by atoms with Crippen LogP contribution in [0, 0.1) is 11.6 Å². The summed E-state index contributed by atoms with van der Waals surface area (Å²) in [5, 5.41) is 1.90. The number of benzene rings is 1. The van der Waals surface area contributed by atoms with E-state index in [4.69, 9.17) is 0 Å². The van der Waals surface area contributed by atoms with Crippen LogP contribution in [0.1, 0.15) is 6.92 Å². The van der Waals surface area contributed by atoms with Gasteiger partial charge in [0, 0.05) is 24.1 Å². The van der Waals surface area contributed by atoms with Crippen LogP contribution in [-0.4, -0.2) is 35.2 Å². The second-order valence-corrected chi connectivity index (χ2v) is 5.44. The fourth-order valence-corrected chi connectivity index (χ4v) is 2.64. The van der Waals surface area contributed by atoms with E-state index in [9.17, 15) is 18.4 Å². The zero-order valence-corrected chi connectivity index (χ0v) is 11.0. The molecular weight excluding hydrogens is 274 g/mol. The molecular formula is C12H12F2N2O2S. The molecule has 0 unspecified atom stereocenters. The molecule has 0 spiro atoms. The van der Waals surface area contributed by atoms with Gasteiger partial charge in [0.25, 0.3) is 0 Å². The highest BCUT2D eigenvalue weighted by Crippen LogP contribution is 2.27. The van der Waals surface area contributed by atoms with Crippen molar-refractivity contribution in [2.24, 2.45) is 0 Å². The summed E-state index contributed by atoms with van der Waals surface area (Å²) >= 11 is 0.963. The molecule has 2 rings (SSSR count). The first-order chi connectivity index (χ1) is 8.99. The van der Waals surface area contributed by atoms with Crippen LogP contribution in [0.5, 0.6) is 0 Å². The number of carbonyl (C=O) groups is 2. The Labute approximate surface area is 113 Å². The molecule has 19 heavy (non-hydrogen) atoms. The van der Waals surface area contributed by atoms with E-state index in [1.54, 1.807) is 6.92 Å². The molecule has 0 saturated carbocycles. The van der Waals surface area contributed by atoms with Crippen molar-refractivity contribution < 1.29 is 18.4 Å². The Morgan fingerprint density at radius 2 is 2.21 bits per heavy atom. The molecule has 0 bridgehead atoms. The van der Waals surface area contributed by atoms with Crippen molar-refractivity contribution in [1.82, 2.24) is 10.2 Å². The minimum atomic E-state index is -0.712. The highest BCUT2D eigenvalue weighted by molar-refractivity contribution is 8.00. The van der Waals surface area contributed by atoms with Crippen LogP contribution in [0.4, 0.5) is 13.6 Å². The van der Waals surface area contributed by atoms with Gasteiger partial charge in [-0.25, -0.2) is 13.6 Å². The van der Waals surface area contributed by atoms with Crippen LogP contribution >= 0.6 is 11.8 Å². The predicted molar refractivity (Wildman–Crippen MR) is 66.8 cm³/mol.